The molecule has 1 fully saturated rings. The van der Waals surface area contributed by atoms with Crippen molar-refractivity contribution >= 4 is 38.2 Å². The fourth-order valence-electron chi connectivity index (χ4n) is 3.23. The van der Waals surface area contributed by atoms with E-state index in [2.05, 4.69) is 5.32 Å². The number of carbonyl (C=O) groups excluding carboxylic acids is 2. The maximum Gasteiger partial charge on any atom is 0.341 e. The summed E-state index contributed by atoms with van der Waals surface area (Å²) in [6, 6.07) is 0. The second-order valence-corrected chi connectivity index (χ2v) is 10.0. The number of aryl methyl sites for hydroxylation is 1. The van der Waals surface area contributed by atoms with Crippen molar-refractivity contribution in [3.8, 4) is 0 Å². The summed E-state index contributed by atoms with van der Waals surface area (Å²) in [5, 5.41) is 3.37. The van der Waals surface area contributed by atoms with E-state index in [1.54, 1.807) is 13.8 Å². The Morgan fingerprint density at radius 3 is 2.32 bits per heavy atom. The fourth-order valence-corrected chi connectivity index (χ4v) is 5.46. The zero-order valence-electron chi connectivity index (χ0n) is 16.9. The molecule has 1 aromatic rings. The normalized spacial score (nSPS) is 16.1. The molecule has 1 N–H and O–H groups in total. The third kappa shape index (κ3) is 5.31. The van der Waals surface area contributed by atoms with E-state index >= 15 is 0 Å². The van der Waals surface area contributed by atoms with Gasteiger partial charge >= 0.3 is 5.97 Å². The van der Waals surface area contributed by atoms with Gasteiger partial charge in [0.2, 0.25) is 15.9 Å². The molecule has 2 rings (SSSR count). The van der Waals surface area contributed by atoms with Gasteiger partial charge < -0.3 is 10.1 Å². The lowest BCUT2D eigenvalue weighted by Crippen LogP contribution is -2.50. The highest BCUT2D eigenvalue weighted by atomic mass is 32.2. The highest BCUT2D eigenvalue weighted by molar-refractivity contribution is 7.89. The largest absolute Gasteiger partial charge is 0.462 e. The molecule has 0 aromatic carbocycles. The minimum Gasteiger partial charge on any atom is -0.462 e. The van der Waals surface area contributed by atoms with Crippen molar-refractivity contribution in [2.45, 2.75) is 34.1 Å². The van der Waals surface area contributed by atoms with Crippen molar-refractivity contribution < 1.29 is 22.7 Å². The summed E-state index contributed by atoms with van der Waals surface area (Å²) < 4.78 is 30.5. The Labute approximate surface area is 170 Å². The smallest absolute Gasteiger partial charge is 0.341 e. The van der Waals surface area contributed by atoms with Gasteiger partial charge in [0, 0.05) is 31.1 Å². The van der Waals surface area contributed by atoms with Crippen LogP contribution in [0.4, 0.5) is 5.00 Å². The molecule has 1 aromatic heterocycles. The molecule has 0 aliphatic carbocycles. The molecule has 28 heavy (non-hydrogen) atoms. The van der Waals surface area contributed by atoms with Gasteiger partial charge in [-0.1, -0.05) is 6.92 Å². The number of anilines is 1. The molecule has 8 nitrogen and oxygen atoms in total. The summed E-state index contributed by atoms with van der Waals surface area (Å²) in [7, 11) is -3.19. The van der Waals surface area contributed by atoms with Crippen LogP contribution in [-0.4, -0.2) is 74.6 Å². The molecule has 0 bridgehead atoms. The van der Waals surface area contributed by atoms with Gasteiger partial charge in [-0.3, -0.25) is 9.69 Å². The number of hydrogen-bond acceptors (Lipinski definition) is 7. The second kappa shape index (κ2) is 9.82. The number of rotatable bonds is 8. The molecule has 2 heterocycles. The average Bonchev–Trinajstić information content (AvgIpc) is 2.97. The Kier molecular flexibility index (Phi) is 7.99. The van der Waals surface area contributed by atoms with Crippen LogP contribution in [0.3, 0.4) is 0 Å². The van der Waals surface area contributed by atoms with Crippen LogP contribution in [0.5, 0.6) is 0 Å². The van der Waals surface area contributed by atoms with Gasteiger partial charge in [-0.05, 0) is 32.8 Å². The predicted octanol–water partition coefficient (Wildman–Crippen LogP) is 1.70. The van der Waals surface area contributed by atoms with Crippen LogP contribution in [0.25, 0.3) is 0 Å². The Morgan fingerprint density at radius 2 is 1.79 bits per heavy atom. The highest BCUT2D eigenvalue weighted by Gasteiger charge is 2.27. The number of nitrogens with zero attached hydrogens (tertiary/aromatic N) is 2. The topological polar surface area (TPSA) is 96.0 Å². The molecule has 0 saturated carbocycles. The van der Waals surface area contributed by atoms with Gasteiger partial charge in [0.25, 0.3) is 0 Å². The molecule has 1 aliphatic rings. The first-order valence-corrected chi connectivity index (χ1v) is 11.9. The summed E-state index contributed by atoms with van der Waals surface area (Å²) in [6.45, 7) is 9.47. The zero-order valence-corrected chi connectivity index (χ0v) is 18.5. The minimum absolute atomic E-state index is 0.0849. The summed E-state index contributed by atoms with van der Waals surface area (Å²) in [5.41, 5.74) is 1.34. The molecule has 0 atom stereocenters. The van der Waals surface area contributed by atoms with E-state index < -0.39 is 16.0 Å². The average molecular weight is 432 g/mol. The van der Waals surface area contributed by atoms with Gasteiger partial charge in [0.05, 0.1) is 24.5 Å². The van der Waals surface area contributed by atoms with E-state index in [0.29, 0.717) is 43.2 Å². The number of esters is 1. The lowest BCUT2D eigenvalue weighted by Gasteiger charge is -2.33. The second-order valence-electron chi connectivity index (χ2n) is 6.54. The minimum atomic E-state index is -3.19. The predicted molar refractivity (Wildman–Crippen MR) is 110 cm³/mol. The number of sulfonamides is 1. The third-order valence-corrected chi connectivity index (χ3v) is 7.70. The highest BCUT2D eigenvalue weighted by Crippen LogP contribution is 2.34. The van der Waals surface area contributed by atoms with E-state index in [1.165, 1.54) is 15.6 Å². The van der Waals surface area contributed by atoms with Crippen molar-refractivity contribution in [3.05, 3.63) is 16.0 Å². The van der Waals surface area contributed by atoms with Crippen molar-refractivity contribution in [2.75, 3.05) is 50.4 Å². The van der Waals surface area contributed by atoms with Crippen molar-refractivity contribution in [1.29, 1.82) is 0 Å². The molecule has 0 radical (unpaired) electrons. The first-order chi connectivity index (χ1) is 13.2. The first-order valence-electron chi connectivity index (χ1n) is 9.52. The van der Waals surface area contributed by atoms with Gasteiger partial charge in [-0.15, -0.1) is 11.3 Å². The molecular weight excluding hydrogens is 402 g/mol. The van der Waals surface area contributed by atoms with Gasteiger partial charge in [-0.25, -0.2) is 13.2 Å². The van der Waals surface area contributed by atoms with Crippen LogP contribution < -0.4 is 5.32 Å². The monoisotopic (exact) mass is 431 g/mol. The van der Waals surface area contributed by atoms with Crippen LogP contribution in [0.2, 0.25) is 0 Å². The van der Waals surface area contributed by atoms with Crippen molar-refractivity contribution in [2.24, 2.45) is 0 Å². The van der Waals surface area contributed by atoms with Gasteiger partial charge in [0.1, 0.15) is 5.00 Å². The van der Waals surface area contributed by atoms with E-state index in [4.69, 9.17) is 4.74 Å². The quantitative estimate of drug-likeness (QED) is 0.630. The fraction of sp³-hybridized carbons (Fsp3) is 0.667. The molecule has 10 heteroatoms. The zero-order chi connectivity index (χ0) is 20.9. The number of hydrogen-bond donors (Lipinski definition) is 1. The summed E-state index contributed by atoms with van der Waals surface area (Å²) >= 11 is 1.38. The van der Waals surface area contributed by atoms with Gasteiger partial charge in [0.15, 0.2) is 0 Å². The summed E-state index contributed by atoms with van der Waals surface area (Å²) in [4.78, 5) is 27.8. The standard InChI is InChI=1S/C18H29N3O5S2/c1-5-14-13(4)27-17(16(14)18(23)26-6-2)19-15(22)12-20-8-10-21(11-9-20)28(24,25)7-3/h5-12H2,1-4H3,(H,19,22). The van der Waals surface area contributed by atoms with E-state index in [-0.39, 0.29) is 24.8 Å². The number of piperazine rings is 1. The van der Waals surface area contributed by atoms with Crippen molar-refractivity contribution in [1.82, 2.24) is 9.21 Å². The van der Waals surface area contributed by atoms with E-state index in [9.17, 15) is 18.0 Å². The molecule has 1 amide bonds. The van der Waals surface area contributed by atoms with Crippen LogP contribution in [0.15, 0.2) is 0 Å². The number of amides is 1. The van der Waals surface area contributed by atoms with E-state index in [0.717, 1.165) is 10.4 Å². The number of ether oxygens (including phenoxy) is 1. The SMILES string of the molecule is CCOC(=O)c1c(NC(=O)CN2CCN(S(=O)(=O)CC)CC2)sc(C)c1CC. The summed E-state index contributed by atoms with van der Waals surface area (Å²) in [5.74, 6) is -0.555. The molecule has 1 saturated heterocycles. The molecule has 1 aliphatic heterocycles. The maximum atomic E-state index is 12.5. The van der Waals surface area contributed by atoms with Gasteiger partial charge in [-0.2, -0.15) is 4.31 Å². The number of nitrogens with one attached hydrogen (secondary N) is 1. The number of thiophene rings is 1. The van der Waals surface area contributed by atoms with Crippen LogP contribution >= 0.6 is 11.3 Å². The Morgan fingerprint density at radius 1 is 1.14 bits per heavy atom. The lowest BCUT2D eigenvalue weighted by molar-refractivity contribution is -0.117. The Hall–Kier alpha value is -1.49. The Bertz CT molecular complexity index is 811. The Balaban J connectivity index is 2.02. The van der Waals surface area contributed by atoms with Crippen LogP contribution in [-0.2, 0) is 26.0 Å². The van der Waals surface area contributed by atoms with Crippen LogP contribution in [0.1, 0.15) is 41.6 Å². The van der Waals surface area contributed by atoms with Crippen LogP contribution in [0, 0.1) is 6.92 Å². The number of carbonyl (C=O) groups is 2. The lowest BCUT2D eigenvalue weighted by atomic mass is 10.1. The molecule has 158 valence electrons. The molecule has 0 unspecified atom stereocenters. The van der Waals surface area contributed by atoms with Crippen molar-refractivity contribution in [3.63, 3.8) is 0 Å². The summed E-state index contributed by atoms with van der Waals surface area (Å²) in [6.07, 6.45) is 0.681. The first kappa shape index (κ1) is 22.8. The van der Waals surface area contributed by atoms with E-state index in [1.807, 2.05) is 18.7 Å². The third-order valence-electron chi connectivity index (χ3n) is 4.75. The maximum absolute atomic E-state index is 12.5. The molecule has 0 spiro atoms. The molecular formula is C18H29N3O5S2.